The number of hydrogen-bond donors (Lipinski definition) is 2. The van der Waals surface area contributed by atoms with Crippen LogP contribution in [0.5, 0.6) is 0 Å². The van der Waals surface area contributed by atoms with E-state index in [-0.39, 0.29) is 16.9 Å². The van der Waals surface area contributed by atoms with Gasteiger partial charge in [-0.1, -0.05) is 56.3 Å². The third-order valence-electron chi connectivity index (χ3n) is 5.42. The summed E-state index contributed by atoms with van der Waals surface area (Å²) in [4.78, 5) is 12.6. The predicted molar refractivity (Wildman–Crippen MR) is 120 cm³/mol. The number of ether oxygens (including phenoxy) is 1. The molecule has 166 valence electrons. The fraction of sp³-hybridized carbons (Fsp3) is 0.348. The van der Waals surface area contributed by atoms with E-state index in [9.17, 15) is 13.2 Å². The first kappa shape index (κ1) is 23.0. The van der Waals surface area contributed by atoms with Crippen molar-refractivity contribution in [2.75, 3.05) is 13.7 Å². The maximum absolute atomic E-state index is 12.5. The molecule has 3 rings (SSSR count). The summed E-state index contributed by atoms with van der Waals surface area (Å²) in [5.41, 5.74) is 7.29. The molecule has 0 spiro atoms. The SMILES string of the molecule is CCCN1NC(CC)=C(C(=O)OC)C1Cc1ccc(-c2ccccc2S(N)(=O)=O)cc1. The van der Waals surface area contributed by atoms with Gasteiger partial charge in [-0.15, -0.1) is 0 Å². The van der Waals surface area contributed by atoms with Gasteiger partial charge in [0.25, 0.3) is 0 Å². The van der Waals surface area contributed by atoms with Gasteiger partial charge in [0.1, 0.15) is 0 Å². The van der Waals surface area contributed by atoms with Crippen LogP contribution in [-0.4, -0.2) is 39.1 Å². The van der Waals surface area contributed by atoms with Crippen molar-refractivity contribution in [3.05, 3.63) is 65.4 Å². The van der Waals surface area contributed by atoms with Crippen molar-refractivity contribution >= 4 is 16.0 Å². The van der Waals surface area contributed by atoms with Crippen molar-refractivity contribution in [1.82, 2.24) is 10.4 Å². The molecule has 31 heavy (non-hydrogen) atoms. The van der Waals surface area contributed by atoms with Gasteiger partial charge in [0, 0.05) is 17.8 Å². The van der Waals surface area contributed by atoms with Gasteiger partial charge < -0.3 is 10.2 Å². The number of carbonyl (C=O) groups is 1. The van der Waals surface area contributed by atoms with E-state index in [0.717, 1.165) is 29.8 Å². The number of nitrogens with zero attached hydrogens (tertiary/aromatic N) is 1. The Labute approximate surface area is 183 Å². The predicted octanol–water partition coefficient (Wildman–Crippen LogP) is 2.98. The van der Waals surface area contributed by atoms with Crippen molar-refractivity contribution in [2.45, 2.75) is 44.0 Å². The van der Waals surface area contributed by atoms with Crippen molar-refractivity contribution < 1.29 is 17.9 Å². The minimum absolute atomic E-state index is 0.0976. The van der Waals surface area contributed by atoms with Crippen LogP contribution in [0.2, 0.25) is 0 Å². The molecule has 1 unspecified atom stereocenters. The lowest BCUT2D eigenvalue weighted by Gasteiger charge is -2.26. The van der Waals surface area contributed by atoms with Crippen LogP contribution in [0.1, 0.15) is 32.3 Å². The topological polar surface area (TPSA) is 102 Å². The van der Waals surface area contributed by atoms with E-state index in [1.54, 1.807) is 18.2 Å². The summed E-state index contributed by atoms with van der Waals surface area (Å²) < 4.78 is 28.9. The molecule has 0 aliphatic carbocycles. The molecule has 0 aromatic heterocycles. The summed E-state index contributed by atoms with van der Waals surface area (Å²) in [6, 6.07) is 14.2. The van der Waals surface area contributed by atoms with Crippen LogP contribution < -0.4 is 10.6 Å². The van der Waals surface area contributed by atoms with Gasteiger partial charge in [-0.3, -0.25) is 0 Å². The van der Waals surface area contributed by atoms with Gasteiger partial charge in [-0.25, -0.2) is 23.4 Å². The number of hydrazine groups is 1. The molecule has 7 nitrogen and oxygen atoms in total. The first-order chi connectivity index (χ1) is 14.8. The minimum Gasteiger partial charge on any atom is -0.466 e. The highest BCUT2D eigenvalue weighted by Crippen LogP contribution is 2.30. The molecule has 1 aliphatic heterocycles. The number of allylic oxidation sites excluding steroid dienone is 1. The second kappa shape index (κ2) is 9.64. The molecule has 0 radical (unpaired) electrons. The molecule has 0 amide bonds. The van der Waals surface area contributed by atoms with Crippen LogP contribution in [0.25, 0.3) is 11.1 Å². The highest BCUT2D eigenvalue weighted by atomic mass is 32.2. The van der Waals surface area contributed by atoms with E-state index in [1.165, 1.54) is 13.2 Å². The molecule has 2 aromatic rings. The maximum Gasteiger partial charge on any atom is 0.337 e. The van der Waals surface area contributed by atoms with Crippen LogP contribution in [0.3, 0.4) is 0 Å². The molecule has 0 saturated heterocycles. The lowest BCUT2D eigenvalue weighted by atomic mass is 9.96. The minimum atomic E-state index is -3.83. The quantitative estimate of drug-likeness (QED) is 0.608. The summed E-state index contributed by atoms with van der Waals surface area (Å²) in [6.45, 7) is 4.90. The molecule has 1 aliphatic rings. The number of primary sulfonamides is 1. The van der Waals surface area contributed by atoms with Crippen molar-refractivity contribution in [3.63, 3.8) is 0 Å². The van der Waals surface area contributed by atoms with Gasteiger partial charge in [-0.05, 0) is 36.5 Å². The number of hydrogen-bond acceptors (Lipinski definition) is 6. The number of carbonyl (C=O) groups excluding carboxylic acids is 1. The van der Waals surface area contributed by atoms with Crippen LogP contribution in [-0.2, 0) is 26.0 Å². The largest absolute Gasteiger partial charge is 0.466 e. The Morgan fingerprint density at radius 3 is 2.39 bits per heavy atom. The fourth-order valence-electron chi connectivity index (χ4n) is 3.97. The Kier molecular flexibility index (Phi) is 7.15. The number of esters is 1. The highest BCUT2D eigenvalue weighted by Gasteiger charge is 2.36. The standard InChI is InChI=1S/C23H29N3O4S/c1-4-14-26-20(22(23(27)30-3)19(5-2)25-26)15-16-10-12-17(13-11-16)18-8-6-7-9-21(18)31(24,28)29/h6-13,20,25H,4-5,14-15H2,1-3H3,(H2,24,28,29). The Balaban J connectivity index is 1.91. The summed E-state index contributed by atoms with van der Waals surface area (Å²) in [6.07, 6.45) is 2.28. The Morgan fingerprint density at radius 1 is 1.13 bits per heavy atom. The van der Waals surface area contributed by atoms with Crippen LogP contribution in [0.15, 0.2) is 64.7 Å². The number of rotatable bonds is 8. The summed E-state index contributed by atoms with van der Waals surface area (Å²) in [5, 5.41) is 7.46. The van der Waals surface area contributed by atoms with Crippen LogP contribution >= 0.6 is 0 Å². The zero-order valence-electron chi connectivity index (χ0n) is 18.1. The number of nitrogens with two attached hydrogens (primary N) is 1. The molecule has 0 saturated carbocycles. The molecule has 2 aromatic carbocycles. The first-order valence-corrected chi connectivity index (χ1v) is 11.9. The van der Waals surface area contributed by atoms with Gasteiger partial charge in [0.15, 0.2) is 0 Å². The zero-order chi connectivity index (χ0) is 22.6. The second-order valence-corrected chi connectivity index (χ2v) is 9.03. The third-order valence-corrected chi connectivity index (χ3v) is 6.39. The molecule has 1 atom stereocenters. The Morgan fingerprint density at radius 2 is 1.81 bits per heavy atom. The van der Waals surface area contributed by atoms with E-state index in [1.807, 2.05) is 31.2 Å². The first-order valence-electron chi connectivity index (χ1n) is 10.4. The zero-order valence-corrected chi connectivity index (χ0v) is 18.9. The molecule has 3 N–H and O–H groups in total. The number of sulfonamides is 1. The van der Waals surface area contributed by atoms with E-state index >= 15 is 0 Å². The molecule has 0 bridgehead atoms. The normalized spacial score (nSPS) is 17.0. The molecular formula is C23H29N3O4S. The van der Waals surface area contributed by atoms with E-state index in [0.29, 0.717) is 24.0 Å². The lowest BCUT2D eigenvalue weighted by Crippen LogP contribution is -2.41. The molecule has 8 heteroatoms. The van der Waals surface area contributed by atoms with Gasteiger partial charge >= 0.3 is 5.97 Å². The monoisotopic (exact) mass is 443 g/mol. The maximum atomic E-state index is 12.5. The Bertz CT molecular complexity index is 1080. The van der Waals surface area contributed by atoms with Crippen molar-refractivity contribution in [1.29, 1.82) is 0 Å². The average molecular weight is 444 g/mol. The van der Waals surface area contributed by atoms with Gasteiger partial charge in [0.2, 0.25) is 10.0 Å². The van der Waals surface area contributed by atoms with Crippen molar-refractivity contribution in [2.24, 2.45) is 5.14 Å². The molecule has 1 heterocycles. The summed E-state index contributed by atoms with van der Waals surface area (Å²) in [5.74, 6) is -0.313. The Hall–Kier alpha value is -2.68. The summed E-state index contributed by atoms with van der Waals surface area (Å²) in [7, 11) is -2.42. The number of methoxy groups -OCH3 is 1. The number of benzene rings is 2. The highest BCUT2D eigenvalue weighted by molar-refractivity contribution is 7.89. The summed E-state index contributed by atoms with van der Waals surface area (Å²) >= 11 is 0. The third kappa shape index (κ3) is 4.98. The van der Waals surface area contributed by atoms with E-state index < -0.39 is 10.0 Å². The van der Waals surface area contributed by atoms with Crippen LogP contribution in [0, 0.1) is 0 Å². The molecule has 0 fully saturated rings. The number of nitrogens with one attached hydrogen (secondary N) is 1. The van der Waals surface area contributed by atoms with E-state index in [4.69, 9.17) is 9.88 Å². The van der Waals surface area contributed by atoms with Crippen LogP contribution in [0.4, 0.5) is 0 Å². The van der Waals surface area contributed by atoms with E-state index in [2.05, 4.69) is 17.4 Å². The van der Waals surface area contributed by atoms with Gasteiger partial charge in [-0.2, -0.15) is 0 Å². The average Bonchev–Trinajstić information content (AvgIpc) is 3.10. The lowest BCUT2D eigenvalue weighted by molar-refractivity contribution is -0.136. The second-order valence-electron chi connectivity index (χ2n) is 7.50. The van der Waals surface area contributed by atoms with Crippen molar-refractivity contribution in [3.8, 4) is 11.1 Å². The van der Waals surface area contributed by atoms with Gasteiger partial charge in [0.05, 0.1) is 23.6 Å². The fourth-order valence-corrected chi connectivity index (χ4v) is 4.73. The smallest absolute Gasteiger partial charge is 0.337 e. The molecular weight excluding hydrogens is 414 g/mol.